The zero-order chi connectivity index (χ0) is 11.3. The maximum atomic E-state index is 11.8. The number of carbonyl (C=O) groups is 1. The molecule has 1 atom stereocenters. The molecule has 0 saturated carbocycles. The first kappa shape index (κ1) is 12.4. The van der Waals surface area contributed by atoms with Gasteiger partial charge in [-0.05, 0) is 12.8 Å². The quantitative estimate of drug-likeness (QED) is 0.680. The molecule has 6 heteroatoms. The molecule has 0 aliphatic carbocycles. The first-order valence-electron chi connectivity index (χ1n) is 4.87. The van der Waals surface area contributed by atoms with Gasteiger partial charge in [0.05, 0.1) is 6.04 Å². The summed E-state index contributed by atoms with van der Waals surface area (Å²) in [7, 11) is 0. The average Bonchev–Trinajstić information content (AvgIpc) is 2.16. The molecule has 0 aromatic heterocycles. The number of aldehydes is 1. The van der Waals surface area contributed by atoms with E-state index in [0.29, 0.717) is 13.0 Å². The molecule has 1 unspecified atom stereocenters. The van der Waals surface area contributed by atoms with Crippen molar-refractivity contribution >= 4 is 6.29 Å². The van der Waals surface area contributed by atoms with Gasteiger partial charge in [0.1, 0.15) is 19.6 Å². The van der Waals surface area contributed by atoms with Gasteiger partial charge in [0, 0.05) is 6.54 Å². The molecule has 0 spiro atoms. The van der Waals surface area contributed by atoms with Gasteiger partial charge in [-0.2, -0.15) is 13.2 Å². The van der Waals surface area contributed by atoms with Crippen LogP contribution >= 0.6 is 0 Å². The molecule has 0 aromatic rings. The fourth-order valence-electron chi connectivity index (χ4n) is 1.61. The number of likely N-dealkylation sites (tertiary alicyclic amines) is 1. The van der Waals surface area contributed by atoms with Crippen molar-refractivity contribution in [1.82, 2.24) is 4.90 Å². The topological polar surface area (TPSA) is 29.5 Å². The highest BCUT2D eigenvalue weighted by atomic mass is 19.4. The summed E-state index contributed by atoms with van der Waals surface area (Å²) in [5.41, 5.74) is 0. The minimum atomic E-state index is -4.30. The molecule has 1 saturated heterocycles. The summed E-state index contributed by atoms with van der Waals surface area (Å²) in [6, 6.07) is -0.285. The lowest BCUT2D eigenvalue weighted by molar-refractivity contribution is -0.186. The number of carbonyl (C=O) groups excluding carboxylic acids is 1. The van der Waals surface area contributed by atoms with Gasteiger partial charge in [0.25, 0.3) is 0 Å². The van der Waals surface area contributed by atoms with Crippen LogP contribution in [0.1, 0.15) is 19.3 Å². The number of alkyl halides is 3. The highest BCUT2D eigenvalue weighted by molar-refractivity contribution is 5.57. The van der Waals surface area contributed by atoms with Gasteiger partial charge in [0.2, 0.25) is 0 Å². The number of hydrogen-bond acceptors (Lipinski definition) is 3. The molecule has 3 nitrogen and oxygen atoms in total. The lowest BCUT2D eigenvalue weighted by atomic mass is 10.0. The van der Waals surface area contributed by atoms with Crippen LogP contribution in [0.3, 0.4) is 0 Å². The van der Waals surface area contributed by atoms with E-state index in [4.69, 9.17) is 0 Å². The predicted molar refractivity (Wildman–Crippen MR) is 47.3 cm³/mol. The summed E-state index contributed by atoms with van der Waals surface area (Å²) in [6.45, 7) is -0.751. The van der Waals surface area contributed by atoms with Gasteiger partial charge in [-0.25, -0.2) is 0 Å². The van der Waals surface area contributed by atoms with Crippen LogP contribution in [-0.2, 0) is 9.53 Å². The second kappa shape index (κ2) is 5.46. The Balaban J connectivity index is 2.26. The third-order valence-corrected chi connectivity index (χ3v) is 2.34. The highest BCUT2D eigenvalue weighted by Gasteiger charge is 2.29. The summed E-state index contributed by atoms with van der Waals surface area (Å²) >= 11 is 0. The number of rotatable bonds is 4. The van der Waals surface area contributed by atoms with Crippen LogP contribution in [0, 0.1) is 0 Å². The zero-order valence-electron chi connectivity index (χ0n) is 8.29. The molecule has 0 radical (unpaired) electrons. The third kappa shape index (κ3) is 4.61. The van der Waals surface area contributed by atoms with Crippen LogP contribution in [-0.4, -0.2) is 43.3 Å². The molecule has 0 N–H and O–H groups in total. The molecule has 0 amide bonds. The Kier molecular flexibility index (Phi) is 4.53. The summed E-state index contributed by atoms with van der Waals surface area (Å²) in [5, 5.41) is 0. The zero-order valence-corrected chi connectivity index (χ0v) is 8.29. The molecule has 0 bridgehead atoms. The second-order valence-corrected chi connectivity index (χ2v) is 3.60. The third-order valence-electron chi connectivity index (χ3n) is 2.34. The summed E-state index contributed by atoms with van der Waals surface area (Å²) in [6.07, 6.45) is -0.972. The van der Waals surface area contributed by atoms with Crippen LogP contribution in [0.4, 0.5) is 13.2 Å². The van der Waals surface area contributed by atoms with Gasteiger partial charge < -0.3 is 9.53 Å². The Bertz CT molecular complexity index is 208. The van der Waals surface area contributed by atoms with E-state index in [-0.39, 0.29) is 12.8 Å². The molecule has 1 fully saturated rings. The maximum Gasteiger partial charge on any atom is 0.411 e. The van der Waals surface area contributed by atoms with Crippen molar-refractivity contribution in [2.75, 3.05) is 19.9 Å². The largest absolute Gasteiger partial charge is 0.411 e. The fourth-order valence-corrected chi connectivity index (χ4v) is 1.61. The van der Waals surface area contributed by atoms with Crippen LogP contribution in [0.2, 0.25) is 0 Å². The highest BCUT2D eigenvalue weighted by Crippen LogP contribution is 2.17. The SMILES string of the molecule is O=CC1CCCCN1COCC(F)(F)F. The number of nitrogens with zero attached hydrogens (tertiary/aromatic N) is 1. The summed E-state index contributed by atoms with van der Waals surface area (Å²) in [5.74, 6) is 0. The minimum Gasteiger partial charge on any atom is -0.357 e. The predicted octanol–water partition coefficient (Wildman–Crippen LogP) is 1.58. The molecule has 1 rings (SSSR count). The molecule has 88 valence electrons. The molecular formula is C9H14F3NO2. The fraction of sp³-hybridized carbons (Fsp3) is 0.889. The maximum absolute atomic E-state index is 11.8. The number of piperidine rings is 1. The number of hydrogen-bond donors (Lipinski definition) is 0. The lowest BCUT2D eigenvalue weighted by Crippen LogP contribution is -2.42. The van der Waals surface area contributed by atoms with Crippen LogP contribution in [0.5, 0.6) is 0 Å². The molecule has 1 heterocycles. The van der Waals surface area contributed by atoms with E-state index >= 15 is 0 Å². The average molecular weight is 225 g/mol. The van der Waals surface area contributed by atoms with Crippen LogP contribution in [0.25, 0.3) is 0 Å². The van der Waals surface area contributed by atoms with Gasteiger partial charge >= 0.3 is 6.18 Å². The van der Waals surface area contributed by atoms with E-state index in [1.165, 1.54) is 0 Å². The van der Waals surface area contributed by atoms with Crippen molar-refractivity contribution in [3.63, 3.8) is 0 Å². The standard InChI is InChI=1S/C9H14F3NO2/c10-9(11,12)6-15-7-13-4-2-1-3-8(13)5-14/h5,8H,1-4,6-7H2. The molecule has 15 heavy (non-hydrogen) atoms. The van der Waals surface area contributed by atoms with Gasteiger partial charge in [-0.1, -0.05) is 6.42 Å². The molecule has 1 aliphatic heterocycles. The van der Waals surface area contributed by atoms with Crippen molar-refractivity contribution in [2.45, 2.75) is 31.5 Å². The van der Waals surface area contributed by atoms with E-state index in [1.54, 1.807) is 4.90 Å². The number of ether oxygens (including phenoxy) is 1. The lowest BCUT2D eigenvalue weighted by Gasteiger charge is -2.31. The minimum absolute atomic E-state index is 0.122. The molecular weight excluding hydrogens is 211 g/mol. The number of halogens is 3. The van der Waals surface area contributed by atoms with E-state index in [0.717, 1.165) is 19.1 Å². The van der Waals surface area contributed by atoms with Crippen molar-refractivity contribution in [3.05, 3.63) is 0 Å². The van der Waals surface area contributed by atoms with Crippen LogP contribution in [0.15, 0.2) is 0 Å². The second-order valence-electron chi connectivity index (χ2n) is 3.60. The van der Waals surface area contributed by atoms with E-state index in [9.17, 15) is 18.0 Å². The first-order chi connectivity index (χ1) is 7.03. The van der Waals surface area contributed by atoms with Crippen molar-refractivity contribution in [2.24, 2.45) is 0 Å². The van der Waals surface area contributed by atoms with Gasteiger partial charge in [-0.15, -0.1) is 0 Å². The summed E-state index contributed by atoms with van der Waals surface area (Å²) < 4.78 is 39.8. The molecule has 0 aromatic carbocycles. The normalized spacial score (nSPS) is 24.1. The first-order valence-corrected chi connectivity index (χ1v) is 4.87. The van der Waals surface area contributed by atoms with Crippen LogP contribution < -0.4 is 0 Å². The van der Waals surface area contributed by atoms with Gasteiger partial charge in [-0.3, -0.25) is 4.90 Å². The monoisotopic (exact) mass is 225 g/mol. The van der Waals surface area contributed by atoms with E-state index < -0.39 is 12.8 Å². The summed E-state index contributed by atoms with van der Waals surface area (Å²) in [4.78, 5) is 12.3. The van der Waals surface area contributed by atoms with E-state index in [1.807, 2.05) is 0 Å². The Morgan fingerprint density at radius 3 is 2.73 bits per heavy atom. The Morgan fingerprint density at radius 2 is 2.13 bits per heavy atom. The smallest absolute Gasteiger partial charge is 0.357 e. The van der Waals surface area contributed by atoms with Crippen molar-refractivity contribution in [3.8, 4) is 0 Å². The van der Waals surface area contributed by atoms with Crippen molar-refractivity contribution in [1.29, 1.82) is 0 Å². The Morgan fingerprint density at radius 1 is 1.40 bits per heavy atom. The molecule has 1 aliphatic rings. The van der Waals surface area contributed by atoms with Crippen molar-refractivity contribution < 1.29 is 22.7 Å². The van der Waals surface area contributed by atoms with Gasteiger partial charge in [0.15, 0.2) is 0 Å². The Labute approximate surface area is 86.2 Å². The Hall–Kier alpha value is -0.620. The van der Waals surface area contributed by atoms with E-state index in [2.05, 4.69) is 4.74 Å².